The summed E-state index contributed by atoms with van der Waals surface area (Å²) in [6, 6.07) is 32.5. The van der Waals surface area contributed by atoms with E-state index in [4.69, 9.17) is 14.2 Å². The minimum Gasteiger partial charge on any atom is -0.464 e. The molecule has 0 saturated carbocycles. The number of aryl methyl sites for hydroxylation is 1. The Morgan fingerprint density at radius 1 is 0.784 bits per heavy atom. The van der Waals surface area contributed by atoms with Gasteiger partial charge in [0.2, 0.25) is 5.54 Å². The standard InChI is InChI=1S/C42H38N2O7/c1-5-49-39(47)41(40(48)50-6-2)27(4)36(37(45)51-25-33-31-15-9-7-13-29(31)23-30-14-8-10-16-32(30)33)42(43-41)34-17-11-12-18-35(34)44(38(42)46)24-28-21-19-26(3)20-22-28/h7-23,36,43H,4-6,24-25H2,1-3H3/t36?,42-/m0/s1. The van der Waals surface area contributed by atoms with E-state index in [0.717, 1.165) is 38.2 Å². The van der Waals surface area contributed by atoms with E-state index in [1.807, 2.05) is 79.7 Å². The SMILES string of the molecule is C=C1C(C(=O)OCc2c3ccccc3cc3ccccc23)[C@]2(NC1(C(=O)OCC)C(=O)OCC)C(=O)N(Cc1ccc(C)cc1)c1ccccc12. The fourth-order valence-electron chi connectivity index (χ4n) is 7.57. The Morgan fingerprint density at radius 2 is 1.35 bits per heavy atom. The third-order valence-electron chi connectivity index (χ3n) is 9.95. The van der Waals surface area contributed by atoms with Crippen molar-refractivity contribution in [1.82, 2.24) is 5.32 Å². The molecule has 1 spiro atoms. The molecule has 0 radical (unpaired) electrons. The maximum atomic E-state index is 15.1. The van der Waals surface area contributed by atoms with Crippen molar-refractivity contribution >= 4 is 51.0 Å². The number of ether oxygens (including phenoxy) is 3. The number of fused-ring (bicyclic) bond motifs is 4. The van der Waals surface area contributed by atoms with Crippen LogP contribution in [0, 0.1) is 12.8 Å². The van der Waals surface area contributed by atoms with Gasteiger partial charge in [0.05, 0.1) is 19.8 Å². The van der Waals surface area contributed by atoms with Gasteiger partial charge < -0.3 is 19.1 Å². The van der Waals surface area contributed by atoms with E-state index in [-0.39, 0.29) is 31.9 Å². The average Bonchev–Trinajstić information content (AvgIpc) is 3.55. The van der Waals surface area contributed by atoms with Gasteiger partial charge >= 0.3 is 17.9 Å². The fraction of sp³-hybridized carbons (Fsp3) is 0.238. The Labute approximate surface area is 295 Å². The Balaban J connectivity index is 1.37. The highest BCUT2D eigenvalue weighted by Crippen LogP contribution is 2.55. The number of hydrogen-bond acceptors (Lipinski definition) is 8. The average molecular weight is 683 g/mol. The topological polar surface area (TPSA) is 111 Å². The van der Waals surface area contributed by atoms with Crippen LogP contribution in [0.25, 0.3) is 21.5 Å². The van der Waals surface area contributed by atoms with Gasteiger partial charge in [-0.25, -0.2) is 9.59 Å². The van der Waals surface area contributed by atoms with E-state index in [1.54, 1.807) is 43.0 Å². The molecule has 1 amide bonds. The molecule has 1 N–H and O–H groups in total. The number of hydrogen-bond donors (Lipinski definition) is 1. The van der Waals surface area contributed by atoms with E-state index in [1.165, 1.54) is 0 Å². The van der Waals surface area contributed by atoms with Crippen molar-refractivity contribution in [2.45, 2.75) is 45.0 Å². The lowest BCUT2D eigenvalue weighted by Gasteiger charge is -2.31. The monoisotopic (exact) mass is 682 g/mol. The number of amides is 1. The number of anilines is 1. The van der Waals surface area contributed by atoms with E-state index in [2.05, 4.69) is 18.0 Å². The highest BCUT2D eigenvalue weighted by Gasteiger charge is 2.74. The van der Waals surface area contributed by atoms with Gasteiger partial charge in [-0.3, -0.25) is 14.9 Å². The van der Waals surface area contributed by atoms with Crippen LogP contribution < -0.4 is 10.2 Å². The highest BCUT2D eigenvalue weighted by atomic mass is 16.6. The molecule has 9 nitrogen and oxygen atoms in total. The summed E-state index contributed by atoms with van der Waals surface area (Å²) in [5.74, 6) is -4.95. The molecule has 258 valence electrons. The summed E-state index contributed by atoms with van der Waals surface area (Å²) < 4.78 is 17.1. The molecule has 9 heteroatoms. The number of benzene rings is 5. The molecule has 2 heterocycles. The molecular weight excluding hydrogens is 644 g/mol. The predicted molar refractivity (Wildman–Crippen MR) is 194 cm³/mol. The van der Waals surface area contributed by atoms with Gasteiger partial charge in [0.25, 0.3) is 5.91 Å². The molecule has 7 rings (SSSR count). The summed E-state index contributed by atoms with van der Waals surface area (Å²) in [7, 11) is 0. The predicted octanol–water partition coefficient (Wildman–Crippen LogP) is 6.43. The van der Waals surface area contributed by atoms with Crippen LogP contribution in [0.2, 0.25) is 0 Å². The summed E-state index contributed by atoms with van der Waals surface area (Å²) in [6.07, 6.45) is 0. The summed E-state index contributed by atoms with van der Waals surface area (Å²) >= 11 is 0. The van der Waals surface area contributed by atoms with Crippen LogP contribution in [0.5, 0.6) is 0 Å². The smallest absolute Gasteiger partial charge is 0.342 e. The molecule has 1 saturated heterocycles. The van der Waals surface area contributed by atoms with Crippen LogP contribution in [0.4, 0.5) is 5.69 Å². The second kappa shape index (κ2) is 13.2. The largest absolute Gasteiger partial charge is 0.464 e. The molecule has 5 aromatic rings. The molecule has 2 atom stereocenters. The molecule has 5 aromatic carbocycles. The van der Waals surface area contributed by atoms with Crippen molar-refractivity contribution in [3.05, 3.63) is 138 Å². The van der Waals surface area contributed by atoms with Crippen molar-refractivity contribution in [3.63, 3.8) is 0 Å². The number of para-hydroxylation sites is 1. The first-order valence-electron chi connectivity index (χ1n) is 17.0. The third-order valence-corrected chi connectivity index (χ3v) is 9.95. The van der Waals surface area contributed by atoms with Crippen LogP contribution in [0.15, 0.2) is 115 Å². The minimum atomic E-state index is -2.38. The van der Waals surface area contributed by atoms with Crippen LogP contribution >= 0.6 is 0 Å². The van der Waals surface area contributed by atoms with Gasteiger partial charge in [0.1, 0.15) is 18.1 Å². The second-order valence-corrected chi connectivity index (χ2v) is 12.9. The van der Waals surface area contributed by atoms with E-state index in [9.17, 15) is 14.4 Å². The fourth-order valence-corrected chi connectivity index (χ4v) is 7.57. The number of nitrogens with zero attached hydrogens (tertiary/aromatic N) is 1. The van der Waals surface area contributed by atoms with Gasteiger partial charge in [0, 0.05) is 16.8 Å². The van der Waals surface area contributed by atoms with Crippen LogP contribution in [-0.4, -0.2) is 42.6 Å². The molecule has 0 bridgehead atoms. The zero-order valence-corrected chi connectivity index (χ0v) is 28.7. The number of carbonyl (C=O) groups excluding carboxylic acids is 4. The van der Waals surface area contributed by atoms with Gasteiger partial charge in [-0.05, 0) is 65.6 Å². The first-order chi connectivity index (χ1) is 24.7. The van der Waals surface area contributed by atoms with Gasteiger partial charge in [-0.15, -0.1) is 0 Å². The van der Waals surface area contributed by atoms with Gasteiger partial charge in [0.15, 0.2) is 0 Å². The number of esters is 3. The Bertz CT molecular complexity index is 2150. The highest BCUT2D eigenvalue weighted by molar-refractivity contribution is 6.17. The summed E-state index contributed by atoms with van der Waals surface area (Å²) in [5.41, 5.74) is -0.924. The Hall–Kier alpha value is -5.80. The zero-order valence-electron chi connectivity index (χ0n) is 28.7. The number of carbonyl (C=O) groups is 4. The Kier molecular flexibility index (Phi) is 8.69. The van der Waals surface area contributed by atoms with E-state index in [0.29, 0.717) is 11.3 Å². The minimum absolute atomic E-state index is 0.0741. The summed E-state index contributed by atoms with van der Waals surface area (Å²) in [6.45, 7) is 9.24. The van der Waals surface area contributed by atoms with Crippen molar-refractivity contribution in [1.29, 1.82) is 0 Å². The lowest BCUT2D eigenvalue weighted by atomic mass is 9.77. The van der Waals surface area contributed by atoms with Crippen LogP contribution in [-0.2, 0) is 52.1 Å². The maximum absolute atomic E-state index is 15.1. The maximum Gasteiger partial charge on any atom is 0.342 e. The second-order valence-electron chi connectivity index (χ2n) is 12.9. The molecule has 2 aliphatic heterocycles. The van der Waals surface area contributed by atoms with Crippen molar-refractivity contribution in [2.24, 2.45) is 5.92 Å². The van der Waals surface area contributed by atoms with Crippen molar-refractivity contribution in [2.75, 3.05) is 18.1 Å². The molecule has 1 unspecified atom stereocenters. The van der Waals surface area contributed by atoms with E-state index >= 15 is 4.79 Å². The van der Waals surface area contributed by atoms with Crippen LogP contribution in [0.1, 0.15) is 36.1 Å². The van der Waals surface area contributed by atoms with Crippen molar-refractivity contribution in [3.8, 4) is 0 Å². The van der Waals surface area contributed by atoms with Gasteiger partial charge in [-0.1, -0.05) is 103 Å². The normalized spacial score (nSPS) is 19.0. The molecular formula is C42H38N2O7. The summed E-state index contributed by atoms with van der Waals surface area (Å²) in [4.78, 5) is 59.4. The third kappa shape index (κ3) is 5.27. The van der Waals surface area contributed by atoms with Gasteiger partial charge in [-0.2, -0.15) is 0 Å². The lowest BCUT2D eigenvalue weighted by Crippen LogP contribution is -2.63. The molecule has 2 aliphatic rings. The van der Waals surface area contributed by atoms with E-state index < -0.39 is 40.8 Å². The van der Waals surface area contributed by atoms with Crippen molar-refractivity contribution < 1.29 is 33.4 Å². The number of rotatable bonds is 9. The van der Waals surface area contributed by atoms with Crippen LogP contribution in [0.3, 0.4) is 0 Å². The molecule has 1 fully saturated rings. The molecule has 51 heavy (non-hydrogen) atoms. The summed E-state index contributed by atoms with van der Waals surface area (Å²) in [5, 5.41) is 6.83. The first-order valence-corrected chi connectivity index (χ1v) is 17.0. The lowest BCUT2D eigenvalue weighted by molar-refractivity contribution is -0.163. The number of nitrogens with one attached hydrogen (secondary N) is 1. The zero-order chi connectivity index (χ0) is 35.9. The molecule has 0 aliphatic carbocycles. The molecule has 0 aromatic heterocycles. The Morgan fingerprint density at radius 3 is 1.96 bits per heavy atom. The quantitative estimate of drug-likeness (QED) is 0.0623. The first kappa shape index (κ1) is 33.7.